The predicted octanol–water partition coefficient (Wildman–Crippen LogP) is 0.664. The van der Waals surface area contributed by atoms with E-state index < -0.39 is 0 Å². The molecule has 4 nitrogen and oxygen atoms in total. The molecule has 1 unspecified atom stereocenters. The van der Waals surface area contributed by atoms with Crippen molar-refractivity contribution in [1.29, 1.82) is 0 Å². The maximum absolute atomic E-state index is 5.54. The second-order valence-electron chi connectivity index (χ2n) is 3.13. The number of methoxy groups -OCH3 is 1. The lowest BCUT2D eigenvalue weighted by Gasteiger charge is -2.16. The first-order chi connectivity index (χ1) is 6.85. The van der Waals surface area contributed by atoms with E-state index in [2.05, 4.69) is 12.2 Å². The highest BCUT2D eigenvalue weighted by molar-refractivity contribution is 4.55. The van der Waals surface area contributed by atoms with Gasteiger partial charge in [0.25, 0.3) is 0 Å². The van der Waals surface area contributed by atoms with E-state index in [0.717, 1.165) is 19.6 Å². The lowest BCUT2D eigenvalue weighted by Crippen LogP contribution is -2.27. The molecule has 0 aliphatic heterocycles. The summed E-state index contributed by atoms with van der Waals surface area (Å²) in [5.74, 6) is 0. The maximum Gasteiger partial charge on any atom is 0.104 e. The number of ether oxygens (including phenoxy) is 3. The van der Waals surface area contributed by atoms with Crippen LogP contribution in [0.1, 0.15) is 13.3 Å². The minimum absolute atomic E-state index is 0.0665. The lowest BCUT2D eigenvalue weighted by molar-refractivity contribution is -0.0501. The zero-order chi connectivity index (χ0) is 10.6. The molecule has 14 heavy (non-hydrogen) atoms. The Balaban J connectivity index is 3.40. The van der Waals surface area contributed by atoms with E-state index in [1.807, 2.05) is 7.05 Å². The highest BCUT2D eigenvalue weighted by atomic mass is 16.6. The zero-order valence-electron chi connectivity index (χ0n) is 9.54. The maximum atomic E-state index is 5.54. The Morgan fingerprint density at radius 2 is 2.00 bits per heavy atom. The molecule has 86 valence electrons. The molecule has 0 saturated carbocycles. The molecular formula is C10H23NO3. The highest BCUT2D eigenvalue weighted by Gasteiger charge is 2.07. The summed E-state index contributed by atoms with van der Waals surface area (Å²) >= 11 is 0. The van der Waals surface area contributed by atoms with Crippen molar-refractivity contribution in [2.24, 2.45) is 0 Å². The molecule has 0 amide bonds. The SMILES string of the molecule is CCCOC(COC)COCCNC. The van der Waals surface area contributed by atoms with E-state index in [0.29, 0.717) is 19.8 Å². The van der Waals surface area contributed by atoms with E-state index >= 15 is 0 Å². The molecule has 0 radical (unpaired) electrons. The van der Waals surface area contributed by atoms with Crippen LogP contribution in [-0.4, -0.2) is 53.2 Å². The van der Waals surface area contributed by atoms with Crippen molar-refractivity contribution in [3.8, 4) is 0 Å². The molecule has 0 aromatic heterocycles. The van der Waals surface area contributed by atoms with Gasteiger partial charge in [-0.15, -0.1) is 0 Å². The zero-order valence-corrected chi connectivity index (χ0v) is 9.54. The van der Waals surface area contributed by atoms with E-state index in [-0.39, 0.29) is 6.10 Å². The molecule has 1 N–H and O–H groups in total. The first kappa shape index (κ1) is 13.8. The van der Waals surface area contributed by atoms with Gasteiger partial charge in [-0.1, -0.05) is 6.92 Å². The standard InChI is InChI=1S/C10H23NO3/c1-4-6-14-10(8-12-3)9-13-7-5-11-2/h10-11H,4-9H2,1-3H3. The Morgan fingerprint density at radius 1 is 1.21 bits per heavy atom. The van der Waals surface area contributed by atoms with E-state index in [1.165, 1.54) is 0 Å². The summed E-state index contributed by atoms with van der Waals surface area (Å²) in [5.41, 5.74) is 0. The number of hydrogen-bond donors (Lipinski definition) is 1. The lowest BCUT2D eigenvalue weighted by atomic mass is 10.4. The summed E-state index contributed by atoms with van der Waals surface area (Å²) in [5, 5.41) is 3.02. The minimum Gasteiger partial charge on any atom is -0.382 e. The fourth-order valence-corrected chi connectivity index (χ4v) is 1.00. The summed E-state index contributed by atoms with van der Waals surface area (Å²) in [6.45, 7) is 5.64. The van der Waals surface area contributed by atoms with Gasteiger partial charge < -0.3 is 19.5 Å². The van der Waals surface area contributed by atoms with Crippen molar-refractivity contribution < 1.29 is 14.2 Å². The third-order valence-electron chi connectivity index (χ3n) is 1.71. The third kappa shape index (κ3) is 8.44. The fourth-order valence-electron chi connectivity index (χ4n) is 1.00. The first-order valence-corrected chi connectivity index (χ1v) is 5.18. The van der Waals surface area contributed by atoms with Gasteiger partial charge in [-0.3, -0.25) is 0 Å². The number of hydrogen-bond acceptors (Lipinski definition) is 4. The highest BCUT2D eigenvalue weighted by Crippen LogP contribution is 1.95. The second kappa shape index (κ2) is 10.9. The monoisotopic (exact) mass is 205 g/mol. The molecule has 0 aromatic rings. The first-order valence-electron chi connectivity index (χ1n) is 5.18. The summed E-state index contributed by atoms with van der Waals surface area (Å²) in [7, 11) is 3.58. The Hall–Kier alpha value is -0.160. The van der Waals surface area contributed by atoms with Crippen molar-refractivity contribution >= 4 is 0 Å². The Morgan fingerprint density at radius 3 is 2.57 bits per heavy atom. The normalized spacial score (nSPS) is 13.1. The minimum atomic E-state index is 0.0665. The van der Waals surface area contributed by atoms with Crippen molar-refractivity contribution in [3.05, 3.63) is 0 Å². The third-order valence-corrected chi connectivity index (χ3v) is 1.71. The molecule has 0 aliphatic rings. The van der Waals surface area contributed by atoms with Gasteiger partial charge in [0, 0.05) is 20.3 Å². The quantitative estimate of drug-likeness (QED) is 0.532. The molecule has 0 heterocycles. The Labute approximate surface area is 86.9 Å². The molecule has 0 spiro atoms. The summed E-state index contributed by atoms with van der Waals surface area (Å²) in [4.78, 5) is 0. The summed E-state index contributed by atoms with van der Waals surface area (Å²) in [6, 6.07) is 0. The molecule has 0 rings (SSSR count). The van der Waals surface area contributed by atoms with Crippen LogP contribution in [0.15, 0.2) is 0 Å². The average molecular weight is 205 g/mol. The van der Waals surface area contributed by atoms with E-state index in [1.54, 1.807) is 7.11 Å². The van der Waals surface area contributed by atoms with Crippen LogP contribution in [0, 0.1) is 0 Å². The van der Waals surface area contributed by atoms with Crippen LogP contribution in [0.5, 0.6) is 0 Å². The van der Waals surface area contributed by atoms with Crippen LogP contribution >= 0.6 is 0 Å². The molecule has 0 aromatic carbocycles. The number of likely N-dealkylation sites (N-methyl/N-ethyl adjacent to an activating group) is 1. The molecule has 0 saturated heterocycles. The summed E-state index contributed by atoms with van der Waals surface area (Å²) in [6.07, 6.45) is 1.09. The van der Waals surface area contributed by atoms with Crippen molar-refractivity contribution in [2.75, 3.05) is 47.1 Å². The predicted molar refractivity (Wildman–Crippen MR) is 56.7 cm³/mol. The molecule has 0 fully saturated rings. The van der Waals surface area contributed by atoms with E-state index in [9.17, 15) is 0 Å². The van der Waals surface area contributed by atoms with Crippen LogP contribution < -0.4 is 5.32 Å². The Kier molecular flexibility index (Phi) is 10.8. The molecule has 4 heteroatoms. The van der Waals surface area contributed by atoms with Gasteiger partial charge in [0.2, 0.25) is 0 Å². The van der Waals surface area contributed by atoms with Crippen molar-refractivity contribution in [2.45, 2.75) is 19.4 Å². The smallest absolute Gasteiger partial charge is 0.104 e. The van der Waals surface area contributed by atoms with Gasteiger partial charge in [0.1, 0.15) is 6.10 Å². The number of nitrogens with one attached hydrogen (secondary N) is 1. The molecular weight excluding hydrogens is 182 g/mol. The van der Waals surface area contributed by atoms with Gasteiger partial charge in [0.05, 0.1) is 19.8 Å². The average Bonchev–Trinajstić information content (AvgIpc) is 2.20. The summed E-state index contributed by atoms with van der Waals surface area (Å²) < 4.78 is 16.0. The van der Waals surface area contributed by atoms with Crippen LogP contribution in [-0.2, 0) is 14.2 Å². The molecule has 1 atom stereocenters. The van der Waals surface area contributed by atoms with Crippen LogP contribution in [0.3, 0.4) is 0 Å². The second-order valence-corrected chi connectivity index (χ2v) is 3.13. The van der Waals surface area contributed by atoms with Gasteiger partial charge in [-0.2, -0.15) is 0 Å². The van der Waals surface area contributed by atoms with Gasteiger partial charge in [0.15, 0.2) is 0 Å². The van der Waals surface area contributed by atoms with Gasteiger partial charge in [-0.05, 0) is 13.5 Å². The van der Waals surface area contributed by atoms with Crippen LogP contribution in [0.4, 0.5) is 0 Å². The number of rotatable bonds is 10. The van der Waals surface area contributed by atoms with Gasteiger partial charge >= 0.3 is 0 Å². The largest absolute Gasteiger partial charge is 0.382 e. The van der Waals surface area contributed by atoms with Crippen LogP contribution in [0.2, 0.25) is 0 Å². The van der Waals surface area contributed by atoms with Crippen molar-refractivity contribution in [1.82, 2.24) is 5.32 Å². The van der Waals surface area contributed by atoms with Crippen molar-refractivity contribution in [3.63, 3.8) is 0 Å². The molecule has 0 aliphatic carbocycles. The molecule has 0 bridgehead atoms. The van der Waals surface area contributed by atoms with Gasteiger partial charge in [-0.25, -0.2) is 0 Å². The topological polar surface area (TPSA) is 39.7 Å². The van der Waals surface area contributed by atoms with E-state index in [4.69, 9.17) is 14.2 Å². The Bertz CT molecular complexity index is 112. The fraction of sp³-hybridized carbons (Fsp3) is 1.00. The van der Waals surface area contributed by atoms with Crippen LogP contribution in [0.25, 0.3) is 0 Å².